The SMILES string of the molecule is O=C(NCCCN1CCOCC1)c1csc(-c2cccc(Cl)c2)n1. The van der Waals surface area contributed by atoms with Gasteiger partial charge >= 0.3 is 0 Å². The molecule has 0 radical (unpaired) electrons. The molecule has 24 heavy (non-hydrogen) atoms. The molecular formula is C17H20ClN3O2S. The van der Waals surface area contributed by atoms with Crippen molar-refractivity contribution in [1.29, 1.82) is 0 Å². The highest BCUT2D eigenvalue weighted by Gasteiger charge is 2.13. The van der Waals surface area contributed by atoms with Crippen LogP contribution in [0.3, 0.4) is 0 Å². The van der Waals surface area contributed by atoms with Gasteiger partial charge in [0, 0.05) is 35.6 Å². The van der Waals surface area contributed by atoms with Crippen molar-refractivity contribution >= 4 is 28.8 Å². The molecule has 2 aromatic rings. The number of hydrogen-bond acceptors (Lipinski definition) is 5. The van der Waals surface area contributed by atoms with Gasteiger partial charge in [0.05, 0.1) is 13.2 Å². The van der Waals surface area contributed by atoms with Crippen LogP contribution in [-0.2, 0) is 4.74 Å². The fourth-order valence-corrected chi connectivity index (χ4v) is 3.54. The van der Waals surface area contributed by atoms with Crippen LogP contribution in [0.25, 0.3) is 10.6 Å². The summed E-state index contributed by atoms with van der Waals surface area (Å²) in [6, 6.07) is 7.49. The highest BCUT2D eigenvalue weighted by molar-refractivity contribution is 7.13. The van der Waals surface area contributed by atoms with E-state index in [2.05, 4.69) is 15.2 Å². The van der Waals surface area contributed by atoms with Crippen LogP contribution in [0.4, 0.5) is 0 Å². The van der Waals surface area contributed by atoms with Crippen LogP contribution in [0.5, 0.6) is 0 Å². The summed E-state index contributed by atoms with van der Waals surface area (Å²) in [4.78, 5) is 18.9. The Morgan fingerprint density at radius 1 is 1.38 bits per heavy atom. The number of benzene rings is 1. The van der Waals surface area contributed by atoms with E-state index in [0.29, 0.717) is 17.3 Å². The van der Waals surface area contributed by atoms with Crippen molar-refractivity contribution in [2.75, 3.05) is 39.4 Å². The van der Waals surface area contributed by atoms with Gasteiger partial charge in [-0.2, -0.15) is 0 Å². The number of carbonyl (C=O) groups excluding carboxylic acids is 1. The Hall–Kier alpha value is -1.47. The van der Waals surface area contributed by atoms with Crippen LogP contribution < -0.4 is 5.32 Å². The van der Waals surface area contributed by atoms with Crippen molar-refractivity contribution in [2.24, 2.45) is 0 Å². The van der Waals surface area contributed by atoms with E-state index < -0.39 is 0 Å². The lowest BCUT2D eigenvalue weighted by atomic mass is 10.2. The lowest BCUT2D eigenvalue weighted by molar-refractivity contribution is 0.0374. The molecule has 2 heterocycles. The first-order valence-electron chi connectivity index (χ1n) is 8.02. The molecular weight excluding hydrogens is 346 g/mol. The highest BCUT2D eigenvalue weighted by atomic mass is 35.5. The molecule has 1 aromatic heterocycles. The second-order valence-corrected chi connectivity index (χ2v) is 6.91. The summed E-state index contributed by atoms with van der Waals surface area (Å²) in [6.07, 6.45) is 0.928. The van der Waals surface area contributed by atoms with Gasteiger partial charge in [-0.15, -0.1) is 11.3 Å². The predicted octanol–water partition coefficient (Wildman–Crippen LogP) is 2.92. The Morgan fingerprint density at radius 2 is 2.21 bits per heavy atom. The van der Waals surface area contributed by atoms with Crippen LogP contribution in [0.2, 0.25) is 5.02 Å². The average Bonchev–Trinajstić information content (AvgIpc) is 3.10. The molecule has 1 fully saturated rings. The number of carbonyl (C=O) groups is 1. The number of morpholine rings is 1. The first kappa shape index (κ1) is 17.4. The predicted molar refractivity (Wildman–Crippen MR) is 96.8 cm³/mol. The molecule has 1 aromatic carbocycles. The Bertz CT molecular complexity index is 686. The molecule has 0 atom stereocenters. The van der Waals surface area contributed by atoms with Crippen molar-refractivity contribution in [3.63, 3.8) is 0 Å². The van der Waals surface area contributed by atoms with E-state index in [-0.39, 0.29) is 5.91 Å². The quantitative estimate of drug-likeness (QED) is 0.800. The lowest BCUT2D eigenvalue weighted by Crippen LogP contribution is -2.38. The Morgan fingerprint density at radius 3 is 3.00 bits per heavy atom. The smallest absolute Gasteiger partial charge is 0.270 e. The number of thiazole rings is 1. The molecule has 1 N–H and O–H groups in total. The summed E-state index contributed by atoms with van der Waals surface area (Å²) in [5.41, 5.74) is 1.39. The van der Waals surface area contributed by atoms with Crippen molar-refractivity contribution < 1.29 is 9.53 Å². The van der Waals surface area contributed by atoms with E-state index in [1.165, 1.54) is 11.3 Å². The fourth-order valence-electron chi connectivity index (χ4n) is 2.55. The van der Waals surface area contributed by atoms with Crippen LogP contribution in [0.15, 0.2) is 29.6 Å². The van der Waals surface area contributed by atoms with Crippen LogP contribution in [0, 0.1) is 0 Å². The number of aromatic nitrogens is 1. The second-order valence-electron chi connectivity index (χ2n) is 5.61. The number of rotatable bonds is 6. The molecule has 128 valence electrons. The minimum atomic E-state index is -0.124. The Balaban J connectivity index is 1.47. The highest BCUT2D eigenvalue weighted by Crippen LogP contribution is 2.25. The largest absolute Gasteiger partial charge is 0.379 e. The first-order chi connectivity index (χ1) is 11.7. The topological polar surface area (TPSA) is 54.5 Å². The van der Waals surface area contributed by atoms with Gasteiger partial charge in [-0.05, 0) is 25.1 Å². The molecule has 1 aliphatic heterocycles. The third kappa shape index (κ3) is 4.77. The molecule has 7 heteroatoms. The van der Waals surface area contributed by atoms with Crippen LogP contribution >= 0.6 is 22.9 Å². The zero-order chi connectivity index (χ0) is 16.8. The Kier molecular flexibility index (Phi) is 6.20. The maximum atomic E-state index is 12.2. The standard InChI is InChI=1S/C17H20ClN3O2S/c18-14-4-1-3-13(11-14)17-20-15(12-24-17)16(22)19-5-2-6-21-7-9-23-10-8-21/h1,3-4,11-12H,2,5-10H2,(H,19,22). The third-order valence-corrected chi connectivity index (χ3v) is 4.98. The summed E-state index contributed by atoms with van der Waals surface area (Å²) in [5.74, 6) is -0.124. The van der Waals surface area contributed by atoms with Crippen molar-refractivity contribution in [1.82, 2.24) is 15.2 Å². The van der Waals surface area contributed by atoms with Crippen molar-refractivity contribution in [3.05, 3.63) is 40.4 Å². The van der Waals surface area contributed by atoms with E-state index in [0.717, 1.165) is 49.8 Å². The number of hydrogen-bond donors (Lipinski definition) is 1. The first-order valence-corrected chi connectivity index (χ1v) is 9.28. The van der Waals surface area contributed by atoms with Crippen LogP contribution in [0.1, 0.15) is 16.9 Å². The van der Waals surface area contributed by atoms with E-state index in [4.69, 9.17) is 16.3 Å². The molecule has 1 aliphatic rings. The molecule has 0 bridgehead atoms. The normalized spacial score (nSPS) is 15.4. The van der Waals surface area contributed by atoms with Crippen LogP contribution in [-0.4, -0.2) is 55.2 Å². The number of amides is 1. The summed E-state index contributed by atoms with van der Waals surface area (Å²) >= 11 is 7.45. The molecule has 5 nitrogen and oxygen atoms in total. The lowest BCUT2D eigenvalue weighted by Gasteiger charge is -2.26. The molecule has 0 saturated carbocycles. The molecule has 0 aliphatic carbocycles. The minimum absolute atomic E-state index is 0.124. The van der Waals surface area contributed by atoms with E-state index in [9.17, 15) is 4.79 Å². The maximum Gasteiger partial charge on any atom is 0.270 e. The summed E-state index contributed by atoms with van der Waals surface area (Å²) in [7, 11) is 0. The van der Waals surface area contributed by atoms with Gasteiger partial charge in [-0.25, -0.2) is 4.98 Å². The summed E-state index contributed by atoms with van der Waals surface area (Å²) in [5, 5.41) is 6.19. The fraction of sp³-hybridized carbons (Fsp3) is 0.412. The number of nitrogens with one attached hydrogen (secondary N) is 1. The second kappa shape index (κ2) is 8.58. The zero-order valence-corrected chi connectivity index (χ0v) is 14.9. The molecule has 0 unspecified atom stereocenters. The van der Waals surface area contributed by atoms with E-state index in [1.54, 1.807) is 5.38 Å². The minimum Gasteiger partial charge on any atom is -0.379 e. The van der Waals surface area contributed by atoms with Gasteiger partial charge in [0.15, 0.2) is 0 Å². The van der Waals surface area contributed by atoms with Gasteiger partial charge in [0.25, 0.3) is 5.91 Å². The van der Waals surface area contributed by atoms with Gasteiger partial charge in [0.1, 0.15) is 10.7 Å². The summed E-state index contributed by atoms with van der Waals surface area (Å²) in [6.45, 7) is 5.19. The summed E-state index contributed by atoms with van der Waals surface area (Å²) < 4.78 is 5.32. The monoisotopic (exact) mass is 365 g/mol. The number of ether oxygens (including phenoxy) is 1. The maximum absolute atomic E-state index is 12.2. The van der Waals surface area contributed by atoms with Gasteiger partial charge in [0.2, 0.25) is 0 Å². The van der Waals surface area contributed by atoms with Crippen molar-refractivity contribution in [3.8, 4) is 10.6 Å². The van der Waals surface area contributed by atoms with E-state index in [1.807, 2.05) is 24.3 Å². The average molecular weight is 366 g/mol. The number of nitrogens with zero attached hydrogens (tertiary/aromatic N) is 2. The zero-order valence-electron chi connectivity index (χ0n) is 13.3. The number of halogens is 1. The van der Waals surface area contributed by atoms with Gasteiger partial charge < -0.3 is 10.1 Å². The molecule has 1 saturated heterocycles. The molecule has 0 spiro atoms. The third-order valence-electron chi connectivity index (χ3n) is 3.85. The van der Waals surface area contributed by atoms with E-state index >= 15 is 0 Å². The van der Waals surface area contributed by atoms with Gasteiger partial charge in [-0.1, -0.05) is 23.7 Å². The van der Waals surface area contributed by atoms with Crippen molar-refractivity contribution in [2.45, 2.75) is 6.42 Å². The molecule has 1 amide bonds. The molecule has 3 rings (SSSR count). The van der Waals surface area contributed by atoms with Gasteiger partial charge in [-0.3, -0.25) is 9.69 Å². The Labute approximate surface area is 150 Å².